The fraction of sp³-hybridized carbons (Fsp3) is 0.333. The molecule has 0 saturated carbocycles. The van der Waals surface area contributed by atoms with Gasteiger partial charge in [-0.25, -0.2) is 0 Å². The smallest absolute Gasteiger partial charge is 0.0197 e. The normalized spacial score (nSPS) is 12.6. The van der Waals surface area contributed by atoms with E-state index in [1.165, 1.54) is 22.4 Å². The van der Waals surface area contributed by atoms with E-state index in [2.05, 4.69) is 64.6 Å². The molecular formula is C15H17BrS. The fourth-order valence-corrected chi connectivity index (χ4v) is 3.52. The lowest BCUT2D eigenvalue weighted by Crippen LogP contribution is -2.03. The number of aryl methyl sites for hydroxylation is 2. The molecule has 17 heavy (non-hydrogen) atoms. The first kappa shape index (κ1) is 12.8. The van der Waals surface area contributed by atoms with E-state index in [1.54, 1.807) is 0 Å². The molecule has 0 amide bonds. The van der Waals surface area contributed by atoms with Gasteiger partial charge in [-0.15, -0.1) is 11.3 Å². The summed E-state index contributed by atoms with van der Waals surface area (Å²) in [5.41, 5.74) is 2.80. The molecule has 0 N–H and O–H groups in total. The van der Waals surface area contributed by atoms with Gasteiger partial charge in [0.2, 0.25) is 0 Å². The molecule has 1 heterocycles. The predicted octanol–water partition coefficient (Wildman–Crippen LogP) is 5.00. The zero-order chi connectivity index (χ0) is 12.1. The van der Waals surface area contributed by atoms with Gasteiger partial charge in [0, 0.05) is 9.70 Å². The standard InChI is InChI=1S/C15H17BrS/c1-12-4-2-5-13(10-12)7-8-14(16)11-15-6-3-9-17-15/h2-6,9-10,14H,7-8,11H2,1H3. The molecule has 1 aromatic carbocycles. The maximum Gasteiger partial charge on any atom is 0.0197 e. The van der Waals surface area contributed by atoms with Crippen LogP contribution >= 0.6 is 27.3 Å². The number of hydrogen-bond acceptors (Lipinski definition) is 1. The molecule has 0 aliphatic rings. The molecule has 2 heteroatoms. The van der Waals surface area contributed by atoms with E-state index in [-0.39, 0.29) is 0 Å². The van der Waals surface area contributed by atoms with Gasteiger partial charge in [0.25, 0.3) is 0 Å². The molecule has 1 unspecified atom stereocenters. The molecule has 0 aliphatic heterocycles. The molecule has 0 saturated heterocycles. The molecule has 0 nitrogen and oxygen atoms in total. The number of halogens is 1. The SMILES string of the molecule is Cc1cccc(CCC(Br)Cc2cccs2)c1. The summed E-state index contributed by atoms with van der Waals surface area (Å²) in [5, 5.41) is 2.15. The van der Waals surface area contributed by atoms with Gasteiger partial charge >= 0.3 is 0 Å². The monoisotopic (exact) mass is 308 g/mol. The van der Waals surface area contributed by atoms with E-state index in [0.29, 0.717) is 4.83 Å². The Morgan fingerprint density at radius 3 is 2.82 bits per heavy atom. The summed E-state index contributed by atoms with van der Waals surface area (Å²) in [5.74, 6) is 0. The molecule has 0 aliphatic carbocycles. The number of rotatable bonds is 5. The van der Waals surface area contributed by atoms with Crippen LogP contribution in [0.25, 0.3) is 0 Å². The Bertz CT molecular complexity index is 448. The summed E-state index contributed by atoms with van der Waals surface area (Å²) in [4.78, 5) is 2.05. The molecule has 90 valence electrons. The van der Waals surface area contributed by atoms with Crippen LogP contribution in [0.1, 0.15) is 22.4 Å². The first-order chi connectivity index (χ1) is 8.24. The van der Waals surface area contributed by atoms with Crippen molar-refractivity contribution in [2.45, 2.75) is 31.0 Å². The van der Waals surface area contributed by atoms with Crippen molar-refractivity contribution in [3.63, 3.8) is 0 Å². The Morgan fingerprint density at radius 1 is 1.24 bits per heavy atom. The van der Waals surface area contributed by atoms with Crippen LogP contribution in [-0.2, 0) is 12.8 Å². The van der Waals surface area contributed by atoms with Crippen molar-refractivity contribution in [3.05, 3.63) is 57.8 Å². The molecule has 0 spiro atoms. The van der Waals surface area contributed by atoms with Crippen LogP contribution in [0, 0.1) is 6.92 Å². The molecule has 0 radical (unpaired) electrons. The van der Waals surface area contributed by atoms with Crippen LogP contribution in [0.15, 0.2) is 41.8 Å². The summed E-state index contributed by atoms with van der Waals surface area (Å²) in [7, 11) is 0. The molecule has 0 bridgehead atoms. The van der Waals surface area contributed by atoms with Crippen LogP contribution in [-0.4, -0.2) is 4.83 Å². The highest BCUT2D eigenvalue weighted by Crippen LogP contribution is 2.19. The van der Waals surface area contributed by atoms with E-state index in [0.717, 1.165) is 12.8 Å². The minimum absolute atomic E-state index is 0.585. The van der Waals surface area contributed by atoms with Gasteiger partial charge in [-0.05, 0) is 43.2 Å². The van der Waals surface area contributed by atoms with Crippen LogP contribution in [0.2, 0.25) is 0 Å². The third-order valence-corrected chi connectivity index (χ3v) is 4.51. The quantitative estimate of drug-likeness (QED) is 0.682. The Labute approximate surface area is 116 Å². The van der Waals surface area contributed by atoms with E-state index < -0.39 is 0 Å². The van der Waals surface area contributed by atoms with Gasteiger partial charge in [0.05, 0.1) is 0 Å². The lowest BCUT2D eigenvalue weighted by atomic mass is 10.0. The molecule has 2 rings (SSSR count). The maximum absolute atomic E-state index is 3.78. The second-order valence-corrected chi connectivity index (χ2v) is 6.74. The zero-order valence-electron chi connectivity index (χ0n) is 10.0. The van der Waals surface area contributed by atoms with E-state index in [4.69, 9.17) is 0 Å². The lowest BCUT2D eigenvalue weighted by molar-refractivity contribution is 0.769. The predicted molar refractivity (Wildman–Crippen MR) is 80.2 cm³/mol. The third kappa shape index (κ3) is 4.29. The summed E-state index contributed by atoms with van der Waals surface area (Å²) in [6, 6.07) is 13.1. The van der Waals surface area contributed by atoms with E-state index >= 15 is 0 Å². The van der Waals surface area contributed by atoms with Crippen LogP contribution < -0.4 is 0 Å². The Kier molecular flexibility index (Phi) is 4.81. The molecule has 0 fully saturated rings. The van der Waals surface area contributed by atoms with Gasteiger partial charge < -0.3 is 0 Å². The Morgan fingerprint density at radius 2 is 2.12 bits per heavy atom. The lowest BCUT2D eigenvalue weighted by Gasteiger charge is -2.08. The average molecular weight is 309 g/mol. The first-order valence-electron chi connectivity index (χ1n) is 5.96. The van der Waals surface area contributed by atoms with Crippen molar-refractivity contribution in [1.29, 1.82) is 0 Å². The van der Waals surface area contributed by atoms with Gasteiger partial charge in [-0.3, -0.25) is 0 Å². The highest BCUT2D eigenvalue weighted by molar-refractivity contribution is 9.09. The largest absolute Gasteiger partial charge is 0.149 e. The van der Waals surface area contributed by atoms with Gasteiger partial charge in [-0.1, -0.05) is 51.8 Å². The van der Waals surface area contributed by atoms with Crippen LogP contribution in [0.5, 0.6) is 0 Å². The fourth-order valence-electron chi connectivity index (χ4n) is 1.94. The highest BCUT2D eigenvalue weighted by atomic mass is 79.9. The average Bonchev–Trinajstić information content (AvgIpc) is 2.79. The number of hydrogen-bond donors (Lipinski definition) is 0. The molecule has 1 atom stereocenters. The highest BCUT2D eigenvalue weighted by Gasteiger charge is 2.06. The molecular weight excluding hydrogens is 292 g/mol. The topological polar surface area (TPSA) is 0 Å². The minimum atomic E-state index is 0.585. The maximum atomic E-state index is 3.78. The number of alkyl halides is 1. The van der Waals surface area contributed by atoms with Crippen LogP contribution in [0.3, 0.4) is 0 Å². The first-order valence-corrected chi connectivity index (χ1v) is 7.75. The van der Waals surface area contributed by atoms with Gasteiger partial charge in [0.1, 0.15) is 0 Å². The second kappa shape index (κ2) is 6.36. The van der Waals surface area contributed by atoms with Crippen LogP contribution in [0.4, 0.5) is 0 Å². The van der Waals surface area contributed by atoms with Crippen molar-refractivity contribution in [3.8, 4) is 0 Å². The summed E-state index contributed by atoms with van der Waals surface area (Å²) >= 11 is 5.63. The minimum Gasteiger partial charge on any atom is -0.149 e. The van der Waals surface area contributed by atoms with Gasteiger partial charge in [-0.2, -0.15) is 0 Å². The van der Waals surface area contributed by atoms with Crippen molar-refractivity contribution in [1.82, 2.24) is 0 Å². The van der Waals surface area contributed by atoms with Crippen molar-refractivity contribution in [2.75, 3.05) is 0 Å². The number of benzene rings is 1. The second-order valence-electron chi connectivity index (χ2n) is 4.41. The summed E-state index contributed by atoms with van der Waals surface area (Å²) in [6.07, 6.45) is 3.49. The van der Waals surface area contributed by atoms with E-state index in [1.807, 2.05) is 11.3 Å². The van der Waals surface area contributed by atoms with Crippen molar-refractivity contribution in [2.24, 2.45) is 0 Å². The number of thiophene rings is 1. The van der Waals surface area contributed by atoms with E-state index in [9.17, 15) is 0 Å². The Balaban J connectivity index is 1.82. The zero-order valence-corrected chi connectivity index (χ0v) is 12.4. The third-order valence-electron chi connectivity index (χ3n) is 2.83. The van der Waals surface area contributed by atoms with Crippen molar-refractivity contribution < 1.29 is 0 Å². The summed E-state index contributed by atoms with van der Waals surface area (Å²) < 4.78 is 0. The van der Waals surface area contributed by atoms with Crippen molar-refractivity contribution >= 4 is 27.3 Å². The molecule has 1 aromatic heterocycles. The Hall–Kier alpha value is -0.600. The van der Waals surface area contributed by atoms with Gasteiger partial charge in [0.15, 0.2) is 0 Å². The molecule has 2 aromatic rings. The summed E-state index contributed by atoms with van der Waals surface area (Å²) in [6.45, 7) is 2.15.